The van der Waals surface area contributed by atoms with Gasteiger partial charge in [0.1, 0.15) is 0 Å². The molecule has 2 N–H and O–H groups in total. The Kier molecular flexibility index (Phi) is 2.53. The Balaban J connectivity index is 2.57. The summed E-state index contributed by atoms with van der Waals surface area (Å²) in [5.41, 5.74) is 6.56. The highest BCUT2D eigenvalue weighted by molar-refractivity contribution is 5.69. The maximum atomic E-state index is 11.7. The molecule has 5 nitrogen and oxygen atoms in total. The van der Waals surface area contributed by atoms with Crippen LogP contribution < -0.4 is 11.5 Å². The van der Waals surface area contributed by atoms with Gasteiger partial charge in [0.05, 0.1) is 11.1 Å². The number of para-hydroxylation sites is 1. The van der Waals surface area contributed by atoms with Crippen molar-refractivity contribution in [2.24, 2.45) is 0 Å². The molecule has 0 saturated heterocycles. The summed E-state index contributed by atoms with van der Waals surface area (Å²) in [5, 5.41) is 4.17. The lowest BCUT2D eigenvalue weighted by atomic mass is 10.1. The lowest BCUT2D eigenvalue weighted by Crippen LogP contribution is -2.32. The van der Waals surface area contributed by atoms with Crippen molar-refractivity contribution < 1.29 is 4.42 Å². The normalized spacial score (nSPS) is 11.7. The molecule has 2 rings (SSSR count). The quantitative estimate of drug-likeness (QED) is 0.763. The Morgan fingerprint density at radius 3 is 2.47 bits per heavy atom. The zero-order valence-corrected chi connectivity index (χ0v) is 10.1. The first-order valence-corrected chi connectivity index (χ1v) is 5.35. The van der Waals surface area contributed by atoms with E-state index in [-0.39, 0.29) is 5.89 Å². The van der Waals surface area contributed by atoms with Gasteiger partial charge in [-0.05, 0) is 32.9 Å². The highest BCUT2D eigenvalue weighted by atomic mass is 16.4. The molecule has 1 heterocycles. The molecule has 5 heteroatoms. The second kappa shape index (κ2) is 3.76. The highest BCUT2D eigenvalue weighted by Gasteiger charge is 2.21. The molecule has 0 unspecified atom stereocenters. The molecule has 0 radical (unpaired) electrons. The van der Waals surface area contributed by atoms with Gasteiger partial charge in [-0.2, -0.15) is 4.68 Å². The van der Waals surface area contributed by atoms with Crippen LogP contribution >= 0.6 is 0 Å². The van der Waals surface area contributed by atoms with Gasteiger partial charge in [0.2, 0.25) is 0 Å². The largest absolute Gasteiger partial charge is 0.437 e. The van der Waals surface area contributed by atoms with Crippen molar-refractivity contribution in [2.45, 2.75) is 26.3 Å². The fraction of sp³-hybridized carbons (Fsp3) is 0.333. The molecule has 0 atom stereocenters. The molecule has 90 valence electrons. The minimum absolute atomic E-state index is 0.253. The maximum Gasteiger partial charge on any atom is 0.437 e. The molecule has 1 aromatic carbocycles. The lowest BCUT2D eigenvalue weighted by molar-refractivity contribution is 0.325. The van der Waals surface area contributed by atoms with Gasteiger partial charge in [-0.15, -0.1) is 5.10 Å². The zero-order chi connectivity index (χ0) is 12.6. The van der Waals surface area contributed by atoms with Gasteiger partial charge in [0.25, 0.3) is 5.89 Å². The van der Waals surface area contributed by atoms with Gasteiger partial charge in [-0.25, -0.2) is 4.79 Å². The van der Waals surface area contributed by atoms with Gasteiger partial charge < -0.3 is 10.2 Å². The van der Waals surface area contributed by atoms with Crippen LogP contribution in [0.15, 0.2) is 33.5 Å². The molecular formula is C12H15N3O2. The van der Waals surface area contributed by atoms with Crippen LogP contribution in [0.4, 0.5) is 5.69 Å². The number of nitrogen functional groups attached to an aromatic ring is 1. The second-order valence-electron chi connectivity index (χ2n) is 4.84. The fourth-order valence-corrected chi connectivity index (χ4v) is 1.50. The van der Waals surface area contributed by atoms with Crippen LogP contribution in [-0.4, -0.2) is 9.78 Å². The number of rotatable bonds is 1. The van der Waals surface area contributed by atoms with E-state index in [1.54, 1.807) is 12.1 Å². The molecule has 0 aliphatic rings. The molecule has 17 heavy (non-hydrogen) atoms. The number of anilines is 1. The number of nitrogens with zero attached hydrogens (tertiary/aromatic N) is 2. The molecule has 0 fully saturated rings. The number of aromatic nitrogens is 2. The molecule has 0 aliphatic carbocycles. The second-order valence-corrected chi connectivity index (χ2v) is 4.84. The smallest absolute Gasteiger partial charge is 0.398 e. The van der Waals surface area contributed by atoms with Gasteiger partial charge in [-0.3, -0.25) is 0 Å². The topological polar surface area (TPSA) is 74.1 Å². The molecule has 2 aromatic rings. The van der Waals surface area contributed by atoms with Crippen molar-refractivity contribution in [1.29, 1.82) is 0 Å². The molecule has 0 amide bonds. The average Bonchev–Trinajstić information content (AvgIpc) is 2.60. The summed E-state index contributed by atoms with van der Waals surface area (Å²) in [6.07, 6.45) is 0. The van der Waals surface area contributed by atoms with Crippen LogP contribution in [0.3, 0.4) is 0 Å². The maximum absolute atomic E-state index is 11.7. The van der Waals surface area contributed by atoms with Gasteiger partial charge in [0, 0.05) is 5.69 Å². The van der Waals surface area contributed by atoms with Gasteiger partial charge in [-0.1, -0.05) is 12.1 Å². The summed E-state index contributed by atoms with van der Waals surface area (Å²) in [5.74, 6) is -0.223. The van der Waals surface area contributed by atoms with Gasteiger partial charge in [0.15, 0.2) is 0 Å². The van der Waals surface area contributed by atoms with E-state index in [2.05, 4.69) is 5.10 Å². The Labute approximate surface area is 98.9 Å². The molecule has 1 aromatic heterocycles. The summed E-state index contributed by atoms with van der Waals surface area (Å²) < 4.78 is 6.44. The third-order valence-electron chi connectivity index (χ3n) is 2.37. The van der Waals surface area contributed by atoms with Crippen LogP contribution in [-0.2, 0) is 5.54 Å². The van der Waals surface area contributed by atoms with E-state index in [4.69, 9.17) is 10.2 Å². The van der Waals surface area contributed by atoms with Crippen molar-refractivity contribution in [3.63, 3.8) is 0 Å². The monoisotopic (exact) mass is 233 g/mol. The van der Waals surface area contributed by atoms with Crippen molar-refractivity contribution in [3.8, 4) is 11.5 Å². The standard InChI is InChI=1S/C12H15N3O2/c1-12(2,3)15-11(16)17-10(14-15)8-6-4-5-7-9(8)13/h4-7H,13H2,1-3H3. The SMILES string of the molecule is CC(C)(C)n1nc(-c2ccccc2N)oc1=O. The first-order valence-electron chi connectivity index (χ1n) is 5.35. The summed E-state index contributed by atoms with van der Waals surface area (Å²) in [7, 11) is 0. The van der Waals surface area contributed by atoms with Crippen molar-refractivity contribution in [1.82, 2.24) is 9.78 Å². The van der Waals surface area contributed by atoms with Crippen molar-refractivity contribution in [2.75, 3.05) is 5.73 Å². The fourth-order valence-electron chi connectivity index (χ4n) is 1.50. The van der Waals surface area contributed by atoms with Crippen LogP contribution in [0.2, 0.25) is 0 Å². The van der Waals surface area contributed by atoms with Crippen LogP contribution in [0.25, 0.3) is 11.5 Å². The molecular weight excluding hydrogens is 218 g/mol. The van der Waals surface area contributed by atoms with Crippen molar-refractivity contribution >= 4 is 5.69 Å². The first kappa shape index (κ1) is 11.4. The summed E-state index contributed by atoms with van der Waals surface area (Å²) >= 11 is 0. The van der Waals surface area contributed by atoms with E-state index in [0.717, 1.165) is 0 Å². The van der Waals surface area contributed by atoms with E-state index in [9.17, 15) is 4.79 Å². The van der Waals surface area contributed by atoms with Crippen LogP contribution in [0.1, 0.15) is 20.8 Å². The number of hydrogen-bond donors (Lipinski definition) is 1. The molecule has 0 aliphatic heterocycles. The first-order chi connectivity index (χ1) is 7.89. The Hall–Kier alpha value is -2.04. The molecule has 0 bridgehead atoms. The number of benzene rings is 1. The Morgan fingerprint density at radius 1 is 1.29 bits per heavy atom. The van der Waals surface area contributed by atoms with E-state index in [1.807, 2.05) is 32.9 Å². The van der Waals surface area contributed by atoms with Crippen LogP contribution in [0, 0.1) is 0 Å². The van der Waals surface area contributed by atoms with E-state index >= 15 is 0 Å². The average molecular weight is 233 g/mol. The minimum Gasteiger partial charge on any atom is -0.398 e. The predicted octanol–water partition coefficient (Wildman–Crippen LogP) is 1.84. The Morgan fingerprint density at radius 2 is 1.94 bits per heavy atom. The van der Waals surface area contributed by atoms with E-state index in [0.29, 0.717) is 11.3 Å². The number of hydrogen-bond acceptors (Lipinski definition) is 4. The molecule has 0 spiro atoms. The lowest BCUT2D eigenvalue weighted by Gasteiger charge is -2.15. The minimum atomic E-state index is -0.476. The molecule has 0 saturated carbocycles. The zero-order valence-electron chi connectivity index (χ0n) is 10.1. The van der Waals surface area contributed by atoms with Gasteiger partial charge >= 0.3 is 5.76 Å². The highest BCUT2D eigenvalue weighted by Crippen LogP contribution is 2.23. The third kappa shape index (κ3) is 2.08. The van der Waals surface area contributed by atoms with Crippen molar-refractivity contribution in [3.05, 3.63) is 34.8 Å². The summed E-state index contributed by atoms with van der Waals surface area (Å²) in [6.45, 7) is 5.65. The number of nitrogens with two attached hydrogens (primary N) is 1. The summed E-state index contributed by atoms with van der Waals surface area (Å²) in [6, 6.07) is 7.15. The Bertz CT molecular complexity index is 590. The van der Waals surface area contributed by atoms with E-state index < -0.39 is 11.3 Å². The van der Waals surface area contributed by atoms with Crippen LogP contribution in [0.5, 0.6) is 0 Å². The third-order valence-corrected chi connectivity index (χ3v) is 2.37. The summed E-state index contributed by atoms with van der Waals surface area (Å²) in [4.78, 5) is 11.7. The van der Waals surface area contributed by atoms with E-state index in [1.165, 1.54) is 4.68 Å². The predicted molar refractivity (Wildman–Crippen MR) is 65.6 cm³/mol.